The van der Waals surface area contributed by atoms with Gasteiger partial charge in [0.15, 0.2) is 12.3 Å². The second-order valence-electron chi connectivity index (χ2n) is 6.79. The number of nitrogens with zero attached hydrogens (tertiary/aromatic N) is 3. The average Bonchev–Trinajstić information content (AvgIpc) is 2.95. The molecule has 2 aromatic carbocycles. The van der Waals surface area contributed by atoms with Crippen LogP contribution >= 0.6 is 0 Å². The van der Waals surface area contributed by atoms with Gasteiger partial charge in [0.1, 0.15) is 12.3 Å². The van der Waals surface area contributed by atoms with Gasteiger partial charge in [-0.3, -0.25) is 14.2 Å². The van der Waals surface area contributed by atoms with Gasteiger partial charge in [-0.25, -0.2) is 0 Å². The molecule has 156 valence electrons. The molecule has 0 aliphatic rings. The van der Waals surface area contributed by atoms with Crippen LogP contribution in [0.1, 0.15) is 18.1 Å². The Labute approximate surface area is 173 Å². The van der Waals surface area contributed by atoms with E-state index in [0.29, 0.717) is 16.7 Å². The molecule has 0 fully saturated rings. The highest BCUT2D eigenvalue weighted by Crippen LogP contribution is 2.38. The van der Waals surface area contributed by atoms with E-state index in [1.54, 1.807) is 31.2 Å². The molecule has 0 atom stereocenters. The number of aromatic nitrogens is 1. The van der Waals surface area contributed by atoms with E-state index in [9.17, 15) is 14.7 Å². The summed E-state index contributed by atoms with van der Waals surface area (Å²) >= 11 is 0. The number of hydrogen-bond acceptors (Lipinski definition) is 6. The molecule has 0 saturated heterocycles. The first kappa shape index (κ1) is 21.0. The van der Waals surface area contributed by atoms with E-state index in [1.165, 1.54) is 4.57 Å². The molecule has 1 aromatic heterocycles. The number of amides is 1. The normalized spacial score (nSPS) is 11.2. The van der Waals surface area contributed by atoms with Crippen molar-refractivity contribution in [3.05, 3.63) is 53.6 Å². The fraction of sp³-hybridized carbons (Fsp3) is 0.273. The second kappa shape index (κ2) is 9.21. The number of ether oxygens (including phenoxy) is 2. The fourth-order valence-corrected chi connectivity index (χ4v) is 3.16. The predicted molar refractivity (Wildman–Crippen MR) is 111 cm³/mol. The van der Waals surface area contributed by atoms with Gasteiger partial charge in [-0.15, -0.1) is 10.2 Å². The molecule has 1 amide bonds. The monoisotopic (exact) mass is 409 g/mol. The maximum atomic E-state index is 12.1. The molecule has 0 spiro atoms. The number of fused-ring (bicyclic) bond motifs is 1. The molecule has 0 unspecified atom stereocenters. The van der Waals surface area contributed by atoms with Gasteiger partial charge < -0.3 is 14.6 Å². The van der Waals surface area contributed by atoms with Crippen molar-refractivity contribution in [3.8, 4) is 11.6 Å². The summed E-state index contributed by atoms with van der Waals surface area (Å²) in [5.74, 6) is -0.785. The largest absolute Gasteiger partial charge is 0.493 e. The van der Waals surface area contributed by atoms with Crippen molar-refractivity contribution >= 4 is 28.5 Å². The van der Waals surface area contributed by atoms with Crippen LogP contribution in [0.25, 0.3) is 10.9 Å². The summed E-state index contributed by atoms with van der Waals surface area (Å²) in [6, 6.07) is 12.6. The van der Waals surface area contributed by atoms with Gasteiger partial charge in [-0.1, -0.05) is 24.3 Å². The van der Waals surface area contributed by atoms with Gasteiger partial charge in [0.2, 0.25) is 5.88 Å². The van der Waals surface area contributed by atoms with Gasteiger partial charge in [-0.05, 0) is 50.1 Å². The number of para-hydroxylation sites is 1. The molecular weight excluding hydrogens is 386 g/mol. The zero-order chi connectivity index (χ0) is 21.7. The number of carbonyl (C=O) groups excluding carboxylic acids is 2. The van der Waals surface area contributed by atoms with Crippen LogP contribution in [0.4, 0.5) is 5.69 Å². The number of aryl methyl sites for hydroxylation is 2. The molecule has 1 heterocycles. The van der Waals surface area contributed by atoms with Crippen LogP contribution in [0.5, 0.6) is 11.6 Å². The van der Waals surface area contributed by atoms with Crippen molar-refractivity contribution in [2.45, 2.75) is 27.3 Å². The Kier molecular flexibility index (Phi) is 6.46. The van der Waals surface area contributed by atoms with Crippen molar-refractivity contribution in [2.75, 3.05) is 13.2 Å². The Bertz CT molecular complexity index is 1100. The Balaban J connectivity index is 1.79. The lowest BCUT2D eigenvalue weighted by Crippen LogP contribution is -2.12. The summed E-state index contributed by atoms with van der Waals surface area (Å²) in [6.07, 6.45) is 0. The van der Waals surface area contributed by atoms with Crippen LogP contribution in [-0.2, 0) is 20.9 Å². The number of azo groups is 1. The van der Waals surface area contributed by atoms with E-state index < -0.39 is 11.9 Å². The minimum atomic E-state index is -0.601. The van der Waals surface area contributed by atoms with Crippen LogP contribution in [-0.4, -0.2) is 34.8 Å². The molecule has 0 aliphatic carbocycles. The van der Waals surface area contributed by atoms with Crippen molar-refractivity contribution in [1.82, 2.24) is 4.57 Å². The summed E-state index contributed by atoms with van der Waals surface area (Å²) in [5, 5.41) is 18.7. The number of benzene rings is 2. The maximum absolute atomic E-state index is 12.1. The Hall–Kier alpha value is -3.68. The van der Waals surface area contributed by atoms with Gasteiger partial charge in [0, 0.05) is 5.39 Å². The third-order valence-electron chi connectivity index (χ3n) is 4.33. The third-order valence-corrected chi connectivity index (χ3v) is 4.33. The number of rotatable bonds is 7. The maximum Gasteiger partial charge on any atom is 0.326 e. The molecular formula is C22H23N3O5. The molecule has 8 nitrogen and oxygen atoms in total. The van der Waals surface area contributed by atoms with Gasteiger partial charge in [-0.2, -0.15) is 0 Å². The molecule has 0 aliphatic heterocycles. The van der Waals surface area contributed by atoms with E-state index in [2.05, 4.69) is 10.2 Å². The molecule has 3 aromatic rings. The summed E-state index contributed by atoms with van der Waals surface area (Å²) in [5.41, 5.74) is 2.74. The number of hydrogen-bond donors (Lipinski definition) is 1. The summed E-state index contributed by atoms with van der Waals surface area (Å²) in [4.78, 5) is 24.0. The van der Waals surface area contributed by atoms with E-state index in [-0.39, 0.29) is 31.3 Å². The number of carbonyl (C=O) groups is 2. The summed E-state index contributed by atoms with van der Waals surface area (Å²) in [7, 11) is 0. The average molecular weight is 409 g/mol. The molecule has 1 N–H and O–H groups in total. The third kappa shape index (κ3) is 4.83. The van der Waals surface area contributed by atoms with Crippen LogP contribution in [0, 0.1) is 13.8 Å². The molecule has 3 rings (SSSR count). The zero-order valence-corrected chi connectivity index (χ0v) is 17.1. The predicted octanol–water partition coefficient (Wildman–Crippen LogP) is 4.22. The fourth-order valence-electron chi connectivity index (χ4n) is 3.16. The first-order valence-electron chi connectivity index (χ1n) is 9.50. The first-order chi connectivity index (χ1) is 14.4. The molecule has 0 bridgehead atoms. The van der Waals surface area contributed by atoms with Crippen LogP contribution in [0.2, 0.25) is 0 Å². The lowest BCUT2D eigenvalue weighted by atomic mass is 10.1. The van der Waals surface area contributed by atoms with Gasteiger partial charge in [0.25, 0.3) is 0 Å². The van der Waals surface area contributed by atoms with Crippen LogP contribution in [0.3, 0.4) is 0 Å². The van der Waals surface area contributed by atoms with Crippen molar-refractivity contribution < 1.29 is 24.2 Å². The van der Waals surface area contributed by atoms with E-state index in [4.69, 9.17) is 9.47 Å². The topological polar surface area (TPSA) is 102 Å². The van der Waals surface area contributed by atoms with Crippen LogP contribution in [0.15, 0.2) is 52.7 Å². The molecule has 0 radical (unpaired) electrons. The number of aromatic hydroxyl groups is 1. The second-order valence-corrected chi connectivity index (χ2v) is 6.79. The van der Waals surface area contributed by atoms with E-state index in [0.717, 1.165) is 11.1 Å². The standard InChI is InChI=1S/C22H23N3O5/c1-4-29-20(27)12-25-18-8-6-5-7-17(18)21(22(25)28)24-23-19(26)13-30-16-10-14(2)9-15(3)11-16/h5-11,28H,4,12-13H2,1-3H3. The minimum Gasteiger partial charge on any atom is -0.493 e. The Morgan fingerprint density at radius 1 is 1.10 bits per heavy atom. The lowest BCUT2D eigenvalue weighted by molar-refractivity contribution is -0.143. The van der Waals surface area contributed by atoms with Crippen molar-refractivity contribution in [3.63, 3.8) is 0 Å². The lowest BCUT2D eigenvalue weighted by Gasteiger charge is -2.06. The van der Waals surface area contributed by atoms with Crippen molar-refractivity contribution in [1.29, 1.82) is 0 Å². The smallest absolute Gasteiger partial charge is 0.326 e. The number of esters is 1. The van der Waals surface area contributed by atoms with E-state index >= 15 is 0 Å². The highest BCUT2D eigenvalue weighted by Gasteiger charge is 2.19. The Morgan fingerprint density at radius 3 is 2.50 bits per heavy atom. The highest BCUT2D eigenvalue weighted by molar-refractivity contribution is 5.96. The van der Waals surface area contributed by atoms with E-state index in [1.807, 2.05) is 32.0 Å². The first-order valence-corrected chi connectivity index (χ1v) is 9.50. The zero-order valence-electron chi connectivity index (χ0n) is 17.1. The quantitative estimate of drug-likeness (QED) is 0.465. The highest BCUT2D eigenvalue weighted by atomic mass is 16.5. The minimum absolute atomic E-state index is 0.106. The van der Waals surface area contributed by atoms with Crippen molar-refractivity contribution in [2.24, 2.45) is 10.2 Å². The summed E-state index contributed by atoms with van der Waals surface area (Å²) in [6.45, 7) is 5.36. The summed E-state index contributed by atoms with van der Waals surface area (Å²) < 4.78 is 11.8. The SMILES string of the molecule is CCOC(=O)Cn1c(O)c(N=NC(=O)COc2cc(C)cc(C)c2)c2ccccc21. The van der Waals surface area contributed by atoms with Gasteiger partial charge in [0.05, 0.1) is 12.1 Å². The molecule has 0 saturated carbocycles. The Morgan fingerprint density at radius 2 is 1.80 bits per heavy atom. The molecule has 8 heteroatoms. The van der Waals surface area contributed by atoms with Crippen LogP contribution < -0.4 is 4.74 Å². The molecule has 30 heavy (non-hydrogen) atoms. The van der Waals surface area contributed by atoms with Gasteiger partial charge >= 0.3 is 11.9 Å².